The maximum Gasteiger partial charge on any atom is 0.258 e. The minimum Gasteiger partial charge on any atom is -0.470 e. The van der Waals surface area contributed by atoms with E-state index in [1.54, 1.807) is 92.9 Å². The van der Waals surface area contributed by atoms with E-state index in [2.05, 4.69) is 242 Å². The molecule has 7 aliphatic rings. The molecule has 34 nitrogen and oxygen atoms in total. The molecule has 1 saturated carbocycles. The van der Waals surface area contributed by atoms with Gasteiger partial charge in [-0.3, -0.25) is 24.7 Å². The van der Waals surface area contributed by atoms with Gasteiger partial charge in [-0.1, -0.05) is 11.8 Å². The predicted molar refractivity (Wildman–Crippen MR) is 577 cm³/mol. The van der Waals surface area contributed by atoms with Crippen molar-refractivity contribution in [2.45, 2.75) is 159 Å². The largest absolute Gasteiger partial charge is 0.470 e. The number of nitrogen functional groups attached to an aromatic ring is 5. The van der Waals surface area contributed by atoms with Gasteiger partial charge in [-0.2, -0.15) is 5.10 Å². The zero-order valence-corrected chi connectivity index (χ0v) is 86.8. The fraction of sp³-hybridized carbons (Fsp3) is 0.330. The number of likely N-dealkylation sites (N-methyl/N-ethyl adjacent to an activating group) is 5. The number of carbonyl (C=O) groups excluding carboxylic acids is 1. The number of fused-ring (bicyclic) bond motifs is 6. The second-order valence-electron chi connectivity index (χ2n) is 39.8. The molecule has 5 aromatic carbocycles. The van der Waals surface area contributed by atoms with E-state index in [-0.39, 0.29) is 48.3 Å². The van der Waals surface area contributed by atoms with Gasteiger partial charge in [0.2, 0.25) is 5.69 Å². The number of benzene rings is 5. The van der Waals surface area contributed by atoms with E-state index in [9.17, 15) is 4.79 Å². The van der Waals surface area contributed by atoms with Crippen LogP contribution < -0.4 is 47.6 Å². The summed E-state index contributed by atoms with van der Waals surface area (Å²) in [6.07, 6.45) is 32.6. The van der Waals surface area contributed by atoms with Gasteiger partial charge in [-0.25, -0.2) is 59.4 Å². The Labute approximate surface area is 869 Å². The molecular weight excluding hydrogens is 1870 g/mol. The fourth-order valence-corrected chi connectivity index (χ4v) is 19.4. The quantitative estimate of drug-likeness (QED) is 0.0371. The van der Waals surface area contributed by atoms with Gasteiger partial charge in [0, 0.05) is 203 Å². The van der Waals surface area contributed by atoms with Gasteiger partial charge in [0.25, 0.3) is 29.4 Å². The first-order valence-electron chi connectivity index (χ1n) is 50.2. The number of rotatable bonds is 19. The summed E-state index contributed by atoms with van der Waals surface area (Å²) in [5.41, 5.74) is 68.0. The average Bonchev–Trinajstić information content (AvgIpc) is 1.22. The first kappa shape index (κ1) is 103. The van der Waals surface area contributed by atoms with Crippen LogP contribution in [0.5, 0.6) is 23.5 Å². The van der Waals surface area contributed by atoms with Crippen LogP contribution in [0.15, 0.2) is 172 Å². The third-order valence-corrected chi connectivity index (χ3v) is 27.5. The van der Waals surface area contributed by atoms with Gasteiger partial charge >= 0.3 is 0 Å². The molecular formula is C115H126N28O6. The normalized spacial score (nSPS) is 14.6. The van der Waals surface area contributed by atoms with Crippen LogP contribution >= 0.6 is 0 Å². The number of hydrogen-bond acceptors (Lipinski definition) is 31. The zero-order chi connectivity index (χ0) is 104. The molecule has 762 valence electrons. The van der Waals surface area contributed by atoms with Crippen molar-refractivity contribution in [3.8, 4) is 97.5 Å². The number of carbonyl (C=O) groups is 1. The first-order valence-corrected chi connectivity index (χ1v) is 50.2. The molecule has 22 rings (SSSR count). The Morgan fingerprint density at radius 2 is 0.758 bits per heavy atom. The smallest absolute Gasteiger partial charge is 0.258 e. The van der Waals surface area contributed by atoms with Crippen molar-refractivity contribution in [2.75, 3.05) is 117 Å². The number of ether oxygens (including phenoxy) is 5. The summed E-state index contributed by atoms with van der Waals surface area (Å²) >= 11 is 0. The zero-order valence-electron chi connectivity index (χ0n) is 86.8. The van der Waals surface area contributed by atoms with Crippen molar-refractivity contribution in [3.05, 3.63) is 317 Å². The minimum atomic E-state index is -0.117. The number of amides is 1. The summed E-state index contributed by atoms with van der Waals surface area (Å²) in [6.45, 7) is 32.4. The van der Waals surface area contributed by atoms with E-state index in [0.29, 0.717) is 78.5 Å². The Balaban J connectivity index is 0.000000122. The van der Waals surface area contributed by atoms with Gasteiger partial charge in [0.15, 0.2) is 34.9 Å². The third kappa shape index (κ3) is 25.5. The van der Waals surface area contributed by atoms with Crippen molar-refractivity contribution in [2.24, 2.45) is 5.92 Å². The fourth-order valence-electron chi connectivity index (χ4n) is 19.4. The lowest BCUT2D eigenvalue weighted by atomic mass is 9.92. The highest BCUT2D eigenvalue weighted by atomic mass is 16.5. The van der Waals surface area contributed by atoms with Gasteiger partial charge in [-0.15, -0.1) is 0 Å². The summed E-state index contributed by atoms with van der Waals surface area (Å²) in [5.74, 6) is 10.1. The number of aromatic nitrogens is 16. The van der Waals surface area contributed by atoms with E-state index >= 15 is 0 Å². The number of nitrogens with two attached hydrogens (primary N) is 5. The SMILES string of the molecule is Cc1cc(-c2cnc(N)c(-n3cc4c(n3)CCOC4)n2)cc2c1CCN(C)C2.Cc1cc(-c2cnc(N)c(OCc3cncc(C#CC4CC4)c3)n2)cc2c1CCN(C)C2.Cc1cc(-c2cnc(N)c(OCc3cncc(C(=O)N(C)C)c3)n2)cc2c1CCN(C)C2.Cc1cncc(COc2nc(-c3cc(C)c4c(c3)CN(C)CC4)cnc2N)c1.[C-]#[N+]c1cncc(COc2nc(-c3cc(C)c4c(c3)CN(C)CC4)cnc2N)c1. The van der Waals surface area contributed by atoms with Gasteiger partial charge in [0.1, 0.15) is 26.4 Å². The molecule has 0 radical (unpaired) electrons. The summed E-state index contributed by atoms with van der Waals surface area (Å²) in [5, 5.41) is 4.66. The van der Waals surface area contributed by atoms with E-state index < -0.39 is 0 Å². The summed E-state index contributed by atoms with van der Waals surface area (Å²) < 4.78 is 30.7. The number of anilines is 5. The second kappa shape index (κ2) is 46.2. The Hall–Kier alpha value is -16.2. The number of hydrogen-bond donors (Lipinski definition) is 5. The summed E-state index contributed by atoms with van der Waals surface area (Å²) in [7, 11) is 14.1. The monoisotopic (exact) mass is 2000 g/mol. The van der Waals surface area contributed by atoms with Crippen LogP contribution in [0.2, 0.25) is 0 Å². The molecule has 1 amide bonds. The van der Waals surface area contributed by atoms with E-state index in [1.165, 1.54) is 114 Å². The van der Waals surface area contributed by atoms with Crippen molar-refractivity contribution >= 4 is 40.7 Å². The maximum atomic E-state index is 12.2. The van der Waals surface area contributed by atoms with Crippen molar-refractivity contribution in [1.29, 1.82) is 0 Å². The van der Waals surface area contributed by atoms with Crippen LogP contribution in [-0.4, -0.2) is 204 Å². The molecule has 16 heterocycles. The standard InChI is InChI=1S/C26H27N5O.C24H28N6O2.C22H22N6O.C22H25N5O.C21H24N6O/c1-17-9-21(11-22-15-31(2)8-7-23(17)22)24-14-29-25(27)26(30-24)32-16-20-10-19(12-28-13-20)6-5-18-3-4-18;1-15-7-17(9-19-13-30(4)6-5-20(15)19)21-12-27-22(25)23(28-21)32-14-16-8-18(11-26-10-16)24(31)29(2)3;1-14-6-16(8-17-12-28(3)5-4-19(14)17)20-11-26-21(23)22(27-20)29-13-15-7-18(24-2)10-25-9-15;1-14-6-16(10-24-9-14)13-28-22-21(23)25-11-20(26-22)17-7-15(2)19-4-5-27(3)12-18(19)8-17;1-13-7-14(8-15-10-26(2)5-3-17(13)15)19-9-23-20(22)21(24-19)27-11-16-12-28-6-4-18(16)25-27/h9-14,18H,3-4,7-8,15-16H2,1-2H3,(H2,27,29);7-12H,5-6,13-14H2,1-4H3,(H2,25,27);6-11H,4-5,12-13H2,1,3H3,(H2,23,26);6-11H,4-5,12-13H2,1-3H3,(H2,23,25);7-9,11H,3-6,10,12H2,1-2H3,(H2,22,23). The molecule has 0 bridgehead atoms. The second-order valence-corrected chi connectivity index (χ2v) is 39.8. The molecule has 10 aromatic heterocycles. The molecule has 0 spiro atoms. The lowest BCUT2D eigenvalue weighted by molar-refractivity contribution is 0.0826. The van der Waals surface area contributed by atoms with Gasteiger partial charge < -0.3 is 81.8 Å². The highest BCUT2D eigenvalue weighted by Crippen LogP contribution is 2.39. The first-order chi connectivity index (χ1) is 72.0. The molecule has 0 saturated heterocycles. The Kier molecular flexibility index (Phi) is 31.9. The minimum absolute atomic E-state index is 0.117. The lowest BCUT2D eigenvalue weighted by Gasteiger charge is -2.27. The highest BCUT2D eigenvalue weighted by molar-refractivity contribution is 5.93. The van der Waals surface area contributed by atoms with Gasteiger partial charge in [-0.05, 0) is 301 Å². The molecule has 0 unspecified atom stereocenters. The van der Waals surface area contributed by atoms with Gasteiger partial charge in [0.05, 0.1) is 90.5 Å². The van der Waals surface area contributed by atoms with Crippen molar-refractivity contribution < 1.29 is 28.5 Å². The lowest BCUT2D eigenvalue weighted by Crippen LogP contribution is -2.27. The molecule has 1 aliphatic carbocycles. The summed E-state index contributed by atoms with van der Waals surface area (Å²) in [6, 6.07) is 29.4. The van der Waals surface area contributed by atoms with E-state index in [0.717, 1.165) is 199 Å². The molecule has 15 aromatic rings. The maximum absolute atomic E-state index is 12.2. The molecule has 6 aliphatic heterocycles. The number of aryl methyl sites for hydroxylation is 6. The molecule has 1 fully saturated rings. The average molecular weight is 2000 g/mol. The molecule has 34 heteroatoms. The predicted octanol–water partition coefficient (Wildman–Crippen LogP) is 15.6. The van der Waals surface area contributed by atoms with Crippen LogP contribution in [0.25, 0.3) is 66.9 Å². The van der Waals surface area contributed by atoms with E-state index in [4.69, 9.17) is 63.9 Å². The van der Waals surface area contributed by atoms with Crippen molar-refractivity contribution in [3.63, 3.8) is 0 Å². The molecule has 0 atom stereocenters. The molecule has 10 N–H and O–H groups in total. The van der Waals surface area contributed by atoms with Crippen molar-refractivity contribution in [1.82, 2.24) is 109 Å². The Morgan fingerprint density at radius 3 is 1.13 bits per heavy atom. The number of nitrogens with zero attached hydrogens (tertiary/aromatic N) is 23. The Bertz CT molecular complexity index is 7590. The third-order valence-electron chi connectivity index (χ3n) is 27.5. The highest BCUT2D eigenvalue weighted by Gasteiger charge is 2.28. The summed E-state index contributed by atoms with van der Waals surface area (Å²) in [4.78, 5) is 90.4. The molecule has 149 heavy (non-hydrogen) atoms. The van der Waals surface area contributed by atoms with Crippen LogP contribution in [-0.2, 0) is 109 Å². The van der Waals surface area contributed by atoms with Crippen LogP contribution in [0.3, 0.4) is 0 Å². The topological polar surface area (TPSA) is 415 Å². The Morgan fingerprint density at radius 1 is 0.409 bits per heavy atom. The van der Waals surface area contributed by atoms with Crippen LogP contribution in [0, 0.1) is 65.9 Å². The van der Waals surface area contributed by atoms with Crippen LogP contribution in [0.1, 0.15) is 151 Å². The van der Waals surface area contributed by atoms with E-state index in [1.807, 2.05) is 31.5 Å². The number of pyridine rings is 4. The van der Waals surface area contributed by atoms with Crippen LogP contribution in [0.4, 0.5) is 34.8 Å².